The standard InChI is InChI=1S/C22H21NO3/c1-3-26-22(25)20-19(16-10-5-4-7-13(16)2)17-11-14-8-6-9-15(14)12-18(17)23-21(20)24/h4-5,7,10-12H,3,6,8-9H2,1-2H3,(H,23,24). The van der Waals surface area contributed by atoms with E-state index in [9.17, 15) is 9.59 Å². The van der Waals surface area contributed by atoms with Crippen molar-refractivity contribution in [2.75, 3.05) is 6.61 Å². The number of ether oxygens (including phenoxy) is 1. The first-order valence-corrected chi connectivity index (χ1v) is 9.05. The molecule has 1 aromatic heterocycles. The van der Waals surface area contributed by atoms with E-state index in [2.05, 4.69) is 17.1 Å². The molecule has 1 aliphatic rings. The molecule has 1 N–H and O–H groups in total. The van der Waals surface area contributed by atoms with Gasteiger partial charge in [0.25, 0.3) is 5.56 Å². The average Bonchev–Trinajstić information content (AvgIpc) is 3.07. The highest BCUT2D eigenvalue weighted by atomic mass is 16.5. The van der Waals surface area contributed by atoms with Crippen molar-refractivity contribution < 1.29 is 9.53 Å². The SMILES string of the molecule is CCOC(=O)c1c(-c2ccccc2C)c2cc3c(cc2[nH]c1=O)CCC3. The van der Waals surface area contributed by atoms with Crippen LogP contribution in [0.1, 0.15) is 40.4 Å². The summed E-state index contributed by atoms with van der Waals surface area (Å²) in [6.45, 7) is 3.96. The number of aryl methyl sites for hydroxylation is 3. The normalized spacial score (nSPS) is 13.0. The first-order valence-electron chi connectivity index (χ1n) is 9.05. The molecule has 4 heteroatoms. The Morgan fingerprint density at radius 2 is 1.88 bits per heavy atom. The zero-order valence-electron chi connectivity index (χ0n) is 15.0. The van der Waals surface area contributed by atoms with Crippen LogP contribution < -0.4 is 5.56 Å². The minimum Gasteiger partial charge on any atom is -0.462 e. The Bertz CT molecular complexity index is 1080. The van der Waals surface area contributed by atoms with E-state index in [1.807, 2.05) is 31.2 Å². The second kappa shape index (κ2) is 6.45. The Labute approximate surface area is 151 Å². The van der Waals surface area contributed by atoms with Crippen LogP contribution in [0, 0.1) is 6.92 Å². The number of hydrogen-bond donors (Lipinski definition) is 1. The lowest BCUT2D eigenvalue weighted by Gasteiger charge is -2.15. The van der Waals surface area contributed by atoms with Gasteiger partial charge in [-0.15, -0.1) is 0 Å². The fourth-order valence-electron chi connectivity index (χ4n) is 3.90. The predicted molar refractivity (Wildman–Crippen MR) is 103 cm³/mol. The van der Waals surface area contributed by atoms with Crippen molar-refractivity contribution in [3.8, 4) is 11.1 Å². The van der Waals surface area contributed by atoms with E-state index in [0.717, 1.165) is 41.3 Å². The van der Waals surface area contributed by atoms with E-state index in [1.165, 1.54) is 11.1 Å². The summed E-state index contributed by atoms with van der Waals surface area (Å²) in [5.74, 6) is -0.575. The van der Waals surface area contributed by atoms with Gasteiger partial charge in [0.2, 0.25) is 0 Å². The largest absolute Gasteiger partial charge is 0.462 e. The number of nitrogens with one attached hydrogen (secondary N) is 1. The molecule has 1 heterocycles. The summed E-state index contributed by atoms with van der Waals surface area (Å²) in [5, 5.41) is 0.905. The Kier molecular flexibility index (Phi) is 4.11. The van der Waals surface area contributed by atoms with Crippen LogP contribution >= 0.6 is 0 Å². The Morgan fingerprint density at radius 3 is 2.62 bits per heavy atom. The molecule has 132 valence electrons. The summed E-state index contributed by atoms with van der Waals surface area (Å²) in [6, 6.07) is 12.0. The van der Waals surface area contributed by atoms with E-state index in [4.69, 9.17) is 4.74 Å². The van der Waals surface area contributed by atoms with Gasteiger partial charge in [0.1, 0.15) is 5.56 Å². The van der Waals surface area contributed by atoms with Crippen LogP contribution in [0.15, 0.2) is 41.2 Å². The maximum atomic E-state index is 12.8. The smallest absolute Gasteiger partial charge is 0.344 e. The van der Waals surface area contributed by atoms with E-state index >= 15 is 0 Å². The molecule has 26 heavy (non-hydrogen) atoms. The van der Waals surface area contributed by atoms with Crippen molar-refractivity contribution in [1.82, 2.24) is 4.98 Å². The fourth-order valence-corrected chi connectivity index (χ4v) is 3.90. The monoisotopic (exact) mass is 347 g/mol. The maximum absolute atomic E-state index is 12.8. The number of hydrogen-bond acceptors (Lipinski definition) is 3. The molecule has 4 rings (SSSR count). The van der Waals surface area contributed by atoms with Crippen LogP contribution in [-0.4, -0.2) is 17.6 Å². The summed E-state index contributed by atoms with van der Waals surface area (Å²) in [7, 11) is 0. The molecule has 0 spiro atoms. The molecule has 0 saturated heterocycles. The number of aromatic amines is 1. The Hall–Kier alpha value is -2.88. The summed E-state index contributed by atoms with van der Waals surface area (Å²) >= 11 is 0. The molecule has 0 saturated carbocycles. The van der Waals surface area contributed by atoms with Gasteiger partial charge in [-0.1, -0.05) is 24.3 Å². The Balaban J connectivity index is 2.13. The molecule has 2 aromatic carbocycles. The van der Waals surface area contributed by atoms with Gasteiger partial charge < -0.3 is 9.72 Å². The highest BCUT2D eigenvalue weighted by molar-refractivity contribution is 6.07. The minimum absolute atomic E-state index is 0.0894. The number of rotatable bonds is 3. The number of H-pyrrole nitrogens is 1. The van der Waals surface area contributed by atoms with Gasteiger partial charge in [-0.25, -0.2) is 4.79 Å². The highest BCUT2D eigenvalue weighted by Gasteiger charge is 2.24. The van der Waals surface area contributed by atoms with Crippen LogP contribution in [0.4, 0.5) is 0 Å². The molecular weight excluding hydrogens is 326 g/mol. The topological polar surface area (TPSA) is 59.2 Å². The number of pyridine rings is 1. The summed E-state index contributed by atoms with van der Waals surface area (Å²) in [4.78, 5) is 28.3. The molecule has 4 nitrogen and oxygen atoms in total. The second-order valence-electron chi connectivity index (χ2n) is 6.76. The van der Waals surface area contributed by atoms with Crippen LogP contribution in [-0.2, 0) is 17.6 Å². The molecule has 0 radical (unpaired) electrons. The van der Waals surface area contributed by atoms with Crippen molar-refractivity contribution in [1.29, 1.82) is 0 Å². The fraction of sp³-hybridized carbons (Fsp3) is 0.273. The predicted octanol–water partition coefficient (Wildman–Crippen LogP) is 4.17. The summed E-state index contributed by atoms with van der Waals surface area (Å²) in [6.07, 6.45) is 3.19. The zero-order valence-corrected chi connectivity index (χ0v) is 15.0. The number of esters is 1. The third kappa shape index (κ3) is 2.62. The first kappa shape index (κ1) is 16.6. The number of carbonyl (C=O) groups excluding carboxylic acids is 1. The number of fused-ring (bicyclic) bond motifs is 2. The Morgan fingerprint density at radius 1 is 1.15 bits per heavy atom. The molecule has 0 bridgehead atoms. The van der Waals surface area contributed by atoms with E-state index < -0.39 is 11.5 Å². The first-order chi connectivity index (χ1) is 12.6. The lowest BCUT2D eigenvalue weighted by atomic mass is 9.91. The van der Waals surface area contributed by atoms with Gasteiger partial charge >= 0.3 is 5.97 Å². The van der Waals surface area contributed by atoms with Gasteiger partial charge in [0.15, 0.2) is 0 Å². The van der Waals surface area contributed by atoms with Crippen LogP contribution in [0.5, 0.6) is 0 Å². The van der Waals surface area contributed by atoms with E-state index in [1.54, 1.807) is 6.92 Å². The van der Waals surface area contributed by atoms with Crippen molar-refractivity contribution in [3.63, 3.8) is 0 Å². The summed E-state index contributed by atoms with van der Waals surface area (Å²) in [5.41, 5.74) is 5.65. The quantitative estimate of drug-likeness (QED) is 0.724. The second-order valence-corrected chi connectivity index (χ2v) is 6.76. The molecule has 0 atom stereocenters. The lowest BCUT2D eigenvalue weighted by Crippen LogP contribution is -2.22. The molecule has 0 amide bonds. The van der Waals surface area contributed by atoms with Gasteiger partial charge in [0, 0.05) is 16.5 Å². The number of benzene rings is 2. The molecule has 1 aliphatic carbocycles. The van der Waals surface area contributed by atoms with E-state index in [-0.39, 0.29) is 12.2 Å². The molecule has 0 aliphatic heterocycles. The van der Waals surface area contributed by atoms with Gasteiger partial charge in [-0.3, -0.25) is 4.79 Å². The van der Waals surface area contributed by atoms with Crippen molar-refractivity contribution in [3.05, 3.63) is 69.0 Å². The van der Waals surface area contributed by atoms with Crippen LogP contribution in [0.25, 0.3) is 22.0 Å². The summed E-state index contributed by atoms with van der Waals surface area (Å²) < 4.78 is 5.19. The molecule has 3 aromatic rings. The molecule has 0 unspecified atom stereocenters. The third-order valence-electron chi connectivity index (χ3n) is 5.12. The lowest BCUT2D eigenvalue weighted by molar-refractivity contribution is 0.0525. The van der Waals surface area contributed by atoms with Crippen molar-refractivity contribution >= 4 is 16.9 Å². The maximum Gasteiger partial charge on any atom is 0.344 e. The van der Waals surface area contributed by atoms with Crippen molar-refractivity contribution in [2.45, 2.75) is 33.1 Å². The minimum atomic E-state index is -0.575. The van der Waals surface area contributed by atoms with Crippen LogP contribution in [0.3, 0.4) is 0 Å². The number of carbonyl (C=O) groups is 1. The highest BCUT2D eigenvalue weighted by Crippen LogP contribution is 2.35. The van der Waals surface area contributed by atoms with Gasteiger partial charge in [0.05, 0.1) is 6.61 Å². The van der Waals surface area contributed by atoms with Gasteiger partial charge in [-0.2, -0.15) is 0 Å². The zero-order chi connectivity index (χ0) is 18.3. The third-order valence-corrected chi connectivity index (χ3v) is 5.12. The number of aromatic nitrogens is 1. The van der Waals surface area contributed by atoms with Crippen LogP contribution in [0.2, 0.25) is 0 Å². The molecular formula is C22H21NO3. The van der Waals surface area contributed by atoms with E-state index in [0.29, 0.717) is 5.56 Å². The van der Waals surface area contributed by atoms with Gasteiger partial charge in [-0.05, 0) is 67.5 Å². The van der Waals surface area contributed by atoms with Crippen molar-refractivity contribution in [2.24, 2.45) is 0 Å². The average molecular weight is 347 g/mol. The molecule has 0 fully saturated rings.